The molecule has 0 amide bonds. The lowest BCUT2D eigenvalue weighted by Gasteiger charge is -2.26. The average Bonchev–Trinajstić information content (AvgIpc) is 3.39. The van der Waals surface area contributed by atoms with E-state index in [1.54, 1.807) is 30.3 Å². The van der Waals surface area contributed by atoms with Gasteiger partial charge < -0.3 is 19.7 Å². The molecule has 182 valence electrons. The van der Waals surface area contributed by atoms with Crippen LogP contribution in [0.2, 0.25) is 0 Å². The fourth-order valence-electron chi connectivity index (χ4n) is 3.93. The first-order valence-electron chi connectivity index (χ1n) is 11.8. The van der Waals surface area contributed by atoms with Crippen molar-refractivity contribution in [3.63, 3.8) is 0 Å². The van der Waals surface area contributed by atoms with Gasteiger partial charge in [0.25, 0.3) is 5.95 Å². The second-order valence-electron chi connectivity index (χ2n) is 8.35. The van der Waals surface area contributed by atoms with Crippen LogP contribution in [0.15, 0.2) is 81.4 Å². The third kappa shape index (κ3) is 5.72. The summed E-state index contributed by atoms with van der Waals surface area (Å²) in [6.07, 6.45) is 3.40. The molecule has 0 radical (unpaired) electrons. The zero-order valence-electron chi connectivity index (χ0n) is 19.5. The molecule has 5 rings (SSSR count). The number of aromatic nitrogens is 3. The van der Waals surface area contributed by atoms with Gasteiger partial charge in [0.2, 0.25) is 11.9 Å². The number of aromatic carboxylic acids is 1. The number of carboxylic acids is 1. The first-order valence-corrected chi connectivity index (χ1v) is 11.8. The quantitative estimate of drug-likeness (QED) is 0.299. The van der Waals surface area contributed by atoms with Crippen molar-refractivity contribution in [2.24, 2.45) is 10.2 Å². The van der Waals surface area contributed by atoms with E-state index in [1.165, 1.54) is 12.5 Å². The Morgan fingerprint density at radius 3 is 2.61 bits per heavy atom. The summed E-state index contributed by atoms with van der Waals surface area (Å²) in [5.74, 6) is 1.36. The van der Waals surface area contributed by atoms with Gasteiger partial charge in [-0.15, -0.1) is 5.11 Å². The number of azo groups is 1. The highest BCUT2D eigenvalue weighted by atomic mass is 16.4. The Bertz CT molecular complexity index is 1360. The van der Waals surface area contributed by atoms with Crippen LogP contribution in [-0.4, -0.2) is 39.1 Å². The molecule has 1 fully saturated rings. The van der Waals surface area contributed by atoms with Crippen LogP contribution < -0.4 is 10.2 Å². The van der Waals surface area contributed by atoms with E-state index in [1.807, 2.05) is 30.3 Å². The van der Waals surface area contributed by atoms with Crippen LogP contribution >= 0.6 is 0 Å². The number of nitrogens with zero attached hydrogens (tertiary/aromatic N) is 6. The van der Waals surface area contributed by atoms with Gasteiger partial charge in [-0.2, -0.15) is 20.1 Å². The Balaban J connectivity index is 1.33. The molecule has 1 aliphatic rings. The monoisotopic (exact) mass is 483 g/mol. The van der Waals surface area contributed by atoms with E-state index in [-0.39, 0.29) is 18.1 Å². The van der Waals surface area contributed by atoms with Crippen LogP contribution in [0.5, 0.6) is 0 Å². The molecule has 0 aliphatic carbocycles. The Morgan fingerprint density at radius 2 is 1.81 bits per heavy atom. The maximum absolute atomic E-state index is 11.2. The number of rotatable bonds is 8. The van der Waals surface area contributed by atoms with Crippen LogP contribution in [0.25, 0.3) is 11.3 Å². The molecule has 0 atom stereocenters. The molecule has 3 heterocycles. The number of piperidine rings is 1. The van der Waals surface area contributed by atoms with Crippen molar-refractivity contribution in [2.75, 3.05) is 23.3 Å². The highest BCUT2D eigenvalue weighted by Crippen LogP contribution is 2.25. The topological polar surface area (TPSA) is 129 Å². The van der Waals surface area contributed by atoms with Gasteiger partial charge in [0, 0.05) is 24.3 Å². The molecule has 1 saturated heterocycles. The highest BCUT2D eigenvalue weighted by Gasteiger charge is 2.16. The predicted octanol–water partition coefficient (Wildman–Crippen LogP) is 5.85. The number of hydrogen-bond donors (Lipinski definition) is 2. The van der Waals surface area contributed by atoms with Crippen molar-refractivity contribution in [1.82, 2.24) is 15.0 Å². The zero-order chi connectivity index (χ0) is 24.7. The summed E-state index contributed by atoms with van der Waals surface area (Å²) in [6.45, 7) is 1.97. The Morgan fingerprint density at radius 1 is 0.972 bits per heavy atom. The normalized spacial score (nSPS) is 13.7. The minimum absolute atomic E-state index is 0.185. The van der Waals surface area contributed by atoms with Gasteiger partial charge in [-0.3, -0.25) is 0 Å². The van der Waals surface area contributed by atoms with Crippen LogP contribution in [-0.2, 0) is 6.54 Å². The van der Waals surface area contributed by atoms with Gasteiger partial charge in [-0.25, -0.2) is 4.79 Å². The highest BCUT2D eigenvalue weighted by molar-refractivity contribution is 5.89. The molecule has 0 unspecified atom stereocenters. The third-order valence-corrected chi connectivity index (χ3v) is 5.72. The van der Waals surface area contributed by atoms with Crippen LogP contribution in [0.1, 0.15) is 35.4 Å². The molecule has 36 heavy (non-hydrogen) atoms. The van der Waals surface area contributed by atoms with E-state index in [9.17, 15) is 9.90 Å². The molecule has 2 aromatic carbocycles. The molecule has 10 nitrogen and oxygen atoms in total. The number of hydrogen-bond acceptors (Lipinski definition) is 9. The lowest BCUT2D eigenvalue weighted by molar-refractivity contribution is 0.0697. The van der Waals surface area contributed by atoms with E-state index >= 15 is 0 Å². The second-order valence-corrected chi connectivity index (χ2v) is 8.35. The maximum Gasteiger partial charge on any atom is 0.335 e. The van der Waals surface area contributed by atoms with E-state index in [0.29, 0.717) is 29.0 Å². The number of carbonyl (C=O) groups is 1. The van der Waals surface area contributed by atoms with Crippen LogP contribution in [0.4, 0.5) is 23.5 Å². The third-order valence-electron chi connectivity index (χ3n) is 5.72. The Hall–Kier alpha value is -4.60. The summed E-state index contributed by atoms with van der Waals surface area (Å²) in [6, 6.07) is 19.8. The smallest absolute Gasteiger partial charge is 0.335 e. The number of furan rings is 1. The summed E-state index contributed by atoms with van der Waals surface area (Å²) < 4.78 is 5.84. The molecular formula is C26H25N7O3. The molecule has 0 spiro atoms. The van der Waals surface area contributed by atoms with E-state index in [2.05, 4.69) is 35.4 Å². The lowest BCUT2D eigenvalue weighted by atomic mass is 10.1. The van der Waals surface area contributed by atoms with Crippen molar-refractivity contribution >= 4 is 29.5 Å². The van der Waals surface area contributed by atoms with Gasteiger partial charge in [-0.05, 0) is 55.7 Å². The van der Waals surface area contributed by atoms with Crippen molar-refractivity contribution in [1.29, 1.82) is 0 Å². The van der Waals surface area contributed by atoms with Crippen molar-refractivity contribution in [3.05, 3.63) is 78.1 Å². The maximum atomic E-state index is 11.2. The van der Waals surface area contributed by atoms with Crippen LogP contribution in [0, 0.1) is 0 Å². The van der Waals surface area contributed by atoms with Gasteiger partial charge in [0.15, 0.2) is 0 Å². The fourth-order valence-corrected chi connectivity index (χ4v) is 3.93. The van der Waals surface area contributed by atoms with Gasteiger partial charge >= 0.3 is 5.97 Å². The molecule has 2 aromatic heterocycles. The van der Waals surface area contributed by atoms with E-state index in [4.69, 9.17) is 4.42 Å². The van der Waals surface area contributed by atoms with Crippen molar-refractivity contribution in [2.45, 2.75) is 25.8 Å². The van der Waals surface area contributed by atoms with Crippen molar-refractivity contribution < 1.29 is 14.3 Å². The standard InChI is InChI=1S/C26H25N7O3/c34-23(35)19-9-7-8-18(16-19)22-13-12-21(36-22)17-27-32-25-29-24(28-20-10-3-1-4-11-20)30-26(31-25)33-14-5-2-6-15-33/h1,3-4,7-13,16H,2,5-6,14-15,17H2,(H,34,35)(H,28,29,30,31). The predicted molar refractivity (Wildman–Crippen MR) is 135 cm³/mol. The Kier molecular flexibility index (Phi) is 6.93. The fraction of sp³-hybridized carbons (Fsp3) is 0.231. The van der Waals surface area contributed by atoms with E-state index in [0.717, 1.165) is 31.6 Å². The minimum Gasteiger partial charge on any atom is -0.478 e. The molecule has 4 aromatic rings. The van der Waals surface area contributed by atoms with Crippen LogP contribution in [0.3, 0.4) is 0 Å². The number of benzene rings is 2. The molecule has 10 heteroatoms. The largest absolute Gasteiger partial charge is 0.478 e. The average molecular weight is 484 g/mol. The Labute approximate surface area is 207 Å². The number of para-hydroxylation sites is 1. The lowest BCUT2D eigenvalue weighted by Crippen LogP contribution is -2.31. The SMILES string of the molecule is O=C(O)c1cccc(-c2ccc(CN=Nc3nc(Nc4ccccc4)nc(N4CCCCC4)n3)o2)c1. The molecule has 0 saturated carbocycles. The summed E-state index contributed by atoms with van der Waals surface area (Å²) in [4.78, 5) is 26.9. The number of carboxylic acid groups (broad SMARTS) is 1. The second kappa shape index (κ2) is 10.8. The molecule has 2 N–H and O–H groups in total. The summed E-state index contributed by atoms with van der Waals surface area (Å²) in [5.41, 5.74) is 1.74. The first-order chi connectivity index (χ1) is 17.6. The molecule has 0 bridgehead atoms. The van der Waals surface area contributed by atoms with Gasteiger partial charge in [0.05, 0.1) is 5.56 Å². The minimum atomic E-state index is -0.986. The molecular weight excluding hydrogens is 458 g/mol. The van der Waals surface area contributed by atoms with Gasteiger partial charge in [-0.1, -0.05) is 30.3 Å². The summed E-state index contributed by atoms with van der Waals surface area (Å²) in [5, 5.41) is 20.9. The van der Waals surface area contributed by atoms with E-state index < -0.39 is 5.97 Å². The molecule has 1 aliphatic heterocycles. The van der Waals surface area contributed by atoms with Gasteiger partial charge in [0.1, 0.15) is 18.1 Å². The summed E-state index contributed by atoms with van der Waals surface area (Å²) >= 11 is 0. The number of nitrogens with one attached hydrogen (secondary N) is 1. The van der Waals surface area contributed by atoms with Crippen molar-refractivity contribution in [3.8, 4) is 11.3 Å². The first kappa shape index (κ1) is 23.2. The number of anilines is 3. The zero-order valence-corrected chi connectivity index (χ0v) is 19.5. The summed E-state index contributed by atoms with van der Waals surface area (Å²) in [7, 11) is 0.